The highest BCUT2D eigenvalue weighted by atomic mass is 35.5. The molecule has 0 saturated carbocycles. The minimum atomic E-state index is -0.711. The number of carbonyl (C=O) groups excluding carboxylic acids is 2. The number of rotatable bonds is 7. The number of Topliss-reactive ketones (excluding diaryl/α,β-unsaturated/α-hetero) is 1. The molecular weight excluding hydrogens is 400 g/mol. The minimum Gasteiger partial charge on any atom is -0.503 e. The molecule has 2 aromatic rings. The van der Waals surface area contributed by atoms with E-state index >= 15 is 0 Å². The molecule has 3 rings (SSSR count). The third-order valence-corrected chi connectivity index (χ3v) is 5.66. The lowest BCUT2D eigenvalue weighted by atomic mass is 9.91. The first kappa shape index (κ1) is 21.9. The Balaban J connectivity index is 2.13. The van der Waals surface area contributed by atoms with Crippen LogP contribution in [-0.2, 0) is 9.59 Å². The van der Waals surface area contributed by atoms with Gasteiger partial charge in [0, 0.05) is 35.4 Å². The Bertz CT molecular complexity index is 978. The van der Waals surface area contributed by atoms with Crippen molar-refractivity contribution in [3.8, 4) is 0 Å². The number of benzene rings is 2. The van der Waals surface area contributed by atoms with Gasteiger partial charge in [0.15, 0.2) is 11.5 Å². The topological polar surface area (TPSA) is 60.9 Å². The maximum atomic E-state index is 13.0. The van der Waals surface area contributed by atoms with Gasteiger partial charge < -0.3 is 10.0 Å². The lowest BCUT2D eigenvalue weighted by molar-refractivity contribution is -0.119. The monoisotopic (exact) mass is 426 g/mol. The van der Waals surface area contributed by atoms with Crippen LogP contribution in [0.3, 0.4) is 0 Å². The van der Waals surface area contributed by atoms with E-state index in [1.54, 1.807) is 38.1 Å². The number of nitrogens with zero attached hydrogens (tertiary/aromatic N) is 2. The second kappa shape index (κ2) is 8.92. The summed E-state index contributed by atoms with van der Waals surface area (Å²) in [5.74, 6) is -1.69. The smallest absolute Gasteiger partial charge is 0.294 e. The van der Waals surface area contributed by atoms with Crippen LogP contribution in [0.1, 0.15) is 39.3 Å². The predicted molar refractivity (Wildman–Crippen MR) is 121 cm³/mol. The number of hydrogen-bond donors (Lipinski definition) is 1. The molecular formula is C24H27ClN2O3. The molecule has 1 N–H and O–H groups in total. The van der Waals surface area contributed by atoms with Gasteiger partial charge in [0.05, 0.1) is 11.6 Å². The molecule has 1 unspecified atom stereocenters. The fraction of sp³-hybridized carbons (Fsp3) is 0.333. The number of aliphatic hydroxyl groups is 1. The first-order valence-electron chi connectivity index (χ1n) is 10.2. The summed E-state index contributed by atoms with van der Waals surface area (Å²) < 4.78 is 0. The van der Waals surface area contributed by atoms with Gasteiger partial charge in [0.1, 0.15) is 0 Å². The fourth-order valence-corrected chi connectivity index (χ4v) is 4.02. The van der Waals surface area contributed by atoms with E-state index in [-0.39, 0.29) is 17.3 Å². The summed E-state index contributed by atoms with van der Waals surface area (Å²) in [6.07, 6.45) is 0. The molecule has 0 radical (unpaired) electrons. The standard InChI is InChI=1S/C24H27ClN2O3/c1-5-26(6-2)18-12-10-16(11-13-18)21-20(22(28)15(3)4)23(29)24(30)27(21)19-9-7-8-17(25)14-19/h7-15,21,29H,5-6H2,1-4H3. The number of amides is 1. The van der Waals surface area contributed by atoms with E-state index in [2.05, 4.69) is 18.7 Å². The SMILES string of the molecule is CCN(CC)c1ccc(C2C(C(=O)C(C)C)=C(O)C(=O)N2c2cccc(Cl)c2)cc1. The quantitative estimate of drug-likeness (QED) is 0.651. The zero-order chi connectivity index (χ0) is 22.0. The number of ketones is 1. The Morgan fingerprint density at radius 2 is 1.77 bits per heavy atom. The molecule has 6 heteroatoms. The van der Waals surface area contributed by atoms with E-state index in [1.165, 1.54) is 4.90 Å². The van der Waals surface area contributed by atoms with Crippen LogP contribution in [-0.4, -0.2) is 29.9 Å². The van der Waals surface area contributed by atoms with E-state index < -0.39 is 17.7 Å². The first-order valence-corrected chi connectivity index (χ1v) is 10.6. The maximum absolute atomic E-state index is 13.0. The number of carbonyl (C=O) groups is 2. The third-order valence-electron chi connectivity index (χ3n) is 5.42. The summed E-state index contributed by atoms with van der Waals surface area (Å²) in [6, 6.07) is 13.9. The van der Waals surface area contributed by atoms with Gasteiger partial charge in [-0.05, 0) is 49.7 Å². The lowest BCUT2D eigenvalue weighted by Gasteiger charge is -2.28. The van der Waals surface area contributed by atoms with Crippen LogP contribution in [0.2, 0.25) is 5.02 Å². The highest BCUT2D eigenvalue weighted by molar-refractivity contribution is 6.31. The maximum Gasteiger partial charge on any atom is 0.294 e. The van der Waals surface area contributed by atoms with Gasteiger partial charge in [-0.3, -0.25) is 14.5 Å². The molecule has 1 heterocycles. The van der Waals surface area contributed by atoms with Crippen molar-refractivity contribution in [1.29, 1.82) is 0 Å². The van der Waals surface area contributed by atoms with Crippen molar-refractivity contribution in [3.63, 3.8) is 0 Å². The van der Waals surface area contributed by atoms with E-state index in [4.69, 9.17) is 11.6 Å². The number of hydrogen-bond acceptors (Lipinski definition) is 4. The molecule has 158 valence electrons. The molecule has 0 bridgehead atoms. The van der Waals surface area contributed by atoms with Gasteiger partial charge >= 0.3 is 0 Å². The Kier molecular flexibility index (Phi) is 6.52. The molecule has 0 fully saturated rings. The summed E-state index contributed by atoms with van der Waals surface area (Å²) in [5.41, 5.74) is 2.48. The molecule has 5 nitrogen and oxygen atoms in total. The Morgan fingerprint density at radius 3 is 2.30 bits per heavy atom. The minimum absolute atomic E-state index is 0.130. The second-order valence-electron chi connectivity index (χ2n) is 7.60. The first-order chi connectivity index (χ1) is 14.3. The molecule has 0 spiro atoms. The zero-order valence-electron chi connectivity index (χ0n) is 17.7. The summed E-state index contributed by atoms with van der Waals surface area (Å²) in [4.78, 5) is 29.6. The molecule has 0 aromatic heterocycles. The van der Waals surface area contributed by atoms with Crippen LogP contribution in [0.4, 0.5) is 11.4 Å². The van der Waals surface area contributed by atoms with Crippen molar-refractivity contribution in [3.05, 3.63) is 70.4 Å². The van der Waals surface area contributed by atoms with Crippen LogP contribution < -0.4 is 9.80 Å². The van der Waals surface area contributed by atoms with Crippen molar-refractivity contribution in [2.24, 2.45) is 5.92 Å². The lowest BCUT2D eigenvalue weighted by Crippen LogP contribution is -2.31. The van der Waals surface area contributed by atoms with Crippen LogP contribution in [0, 0.1) is 5.92 Å². The highest BCUT2D eigenvalue weighted by Gasteiger charge is 2.44. The summed E-state index contributed by atoms with van der Waals surface area (Å²) in [5, 5.41) is 11.1. The van der Waals surface area contributed by atoms with Crippen molar-refractivity contribution in [2.45, 2.75) is 33.7 Å². The van der Waals surface area contributed by atoms with Crippen LogP contribution in [0.15, 0.2) is 59.9 Å². The molecule has 2 aromatic carbocycles. The molecule has 0 aliphatic carbocycles. The highest BCUT2D eigenvalue weighted by Crippen LogP contribution is 2.42. The molecule has 1 atom stereocenters. The summed E-state index contributed by atoms with van der Waals surface area (Å²) in [6.45, 7) is 9.46. The largest absolute Gasteiger partial charge is 0.503 e. The van der Waals surface area contributed by atoms with E-state index in [0.717, 1.165) is 24.3 Å². The van der Waals surface area contributed by atoms with Crippen LogP contribution >= 0.6 is 11.6 Å². The molecule has 30 heavy (non-hydrogen) atoms. The van der Waals surface area contributed by atoms with Gasteiger partial charge in [-0.1, -0.05) is 43.6 Å². The summed E-state index contributed by atoms with van der Waals surface area (Å²) in [7, 11) is 0. The van der Waals surface area contributed by atoms with Crippen molar-refractivity contribution >= 4 is 34.7 Å². The molecule has 1 aliphatic rings. The van der Waals surface area contributed by atoms with Crippen molar-refractivity contribution < 1.29 is 14.7 Å². The third kappa shape index (κ3) is 3.94. The average Bonchev–Trinajstić information content (AvgIpc) is 2.99. The van der Waals surface area contributed by atoms with Crippen molar-refractivity contribution in [2.75, 3.05) is 22.9 Å². The predicted octanol–water partition coefficient (Wildman–Crippen LogP) is 5.31. The van der Waals surface area contributed by atoms with Gasteiger partial charge in [0.25, 0.3) is 5.91 Å². The number of halogens is 1. The Hall–Kier alpha value is -2.79. The van der Waals surface area contributed by atoms with Gasteiger partial charge in [-0.15, -0.1) is 0 Å². The fourth-order valence-electron chi connectivity index (χ4n) is 3.83. The van der Waals surface area contributed by atoms with Crippen LogP contribution in [0.5, 0.6) is 0 Å². The van der Waals surface area contributed by atoms with E-state index in [9.17, 15) is 14.7 Å². The second-order valence-corrected chi connectivity index (χ2v) is 8.04. The van der Waals surface area contributed by atoms with E-state index in [1.807, 2.05) is 24.3 Å². The van der Waals surface area contributed by atoms with Crippen molar-refractivity contribution in [1.82, 2.24) is 0 Å². The zero-order valence-corrected chi connectivity index (χ0v) is 18.5. The van der Waals surface area contributed by atoms with Gasteiger partial charge in [-0.25, -0.2) is 0 Å². The van der Waals surface area contributed by atoms with Gasteiger partial charge in [0.2, 0.25) is 0 Å². The summed E-state index contributed by atoms with van der Waals surface area (Å²) >= 11 is 6.15. The van der Waals surface area contributed by atoms with Crippen LogP contribution in [0.25, 0.3) is 0 Å². The van der Waals surface area contributed by atoms with Gasteiger partial charge in [-0.2, -0.15) is 0 Å². The number of aliphatic hydroxyl groups excluding tert-OH is 1. The average molecular weight is 427 g/mol. The number of anilines is 2. The molecule has 1 aliphatic heterocycles. The Morgan fingerprint density at radius 1 is 1.13 bits per heavy atom. The molecule has 0 saturated heterocycles. The Labute approximate surface area is 182 Å². The van der Waals surface area contributed by atoms with E-state index in [0.29, 0.717) is 10.7 Å². The molecule has 1 amide bonds. The normalized spacial score (nSPS) is 16.5.